The largest absolute Gasteiger partial charge is 0.481 e. The van der Waals surface area contributed by atoms with E-state index in [9.17, 15) is 13.2 Å². The van der Waals surface area contributed by atoms with Crippen LogP contribution in [0.1, 0.15) is 25.7 Å². The highest BCUT2D eigenvalue weighted by Gasteiger charge is 2.28. The second-order valence-corrected chi connectivity index (χ2v) is 6.48. The van der Waals surface area contributed by atoms with E-state index >= 15 is 0 Å². The number of para-hydroxylation sites is 1. The van der Waals surface area contributed by atoms with Crippen LogP contribution in [0, 0.1) is 0 Å². The van der Waals surface area contributed by atoms with Gasteiger partial charge in [0.2, 0.25) is 10.0 Å². The first kappa shape index (κ1) is 14.8. The number of hydrogen-bond acceptors (Lipinski definition) is 4. The second kappa shape index (κ2) is 5.80. The lowest BCUT2D eigenvalue weighted by Crippen LogP contribution is -2.41. The Labute approximate surface area is 118 Å². The molecule has 3 N–H and O–H groups in total. The fourth-order valence-corrected chi connectivity index (χ4v) is 3.41. The number of hydrogen-bond donors (Lipinski definition) is 2. The van der Waals surface area contributed by atoms with Gasteiger partial charge in [-0.15, -0.1) is 0 Å². The quantitative estimate of drug-likeness (QED) is 0.869. The number of aliphatic carboxylic acids is 1. The zero-order valence-corrected chi connectivity index (χ0v) is 11.8. The molecule has 0 bridgehead atoms. The summed E-state index contributed by atoms with van der Waals surface area (Å²) in [6, 6.07) is 6.29. The number of carbonyl (C=O) groups is 1. The van der Waals surface area contributed by atoms with E-state index in [-0.39, 0.29) is 17.4 Å². The van der Waals surface area contributed by atoms with E-state index in [1.54, 1.807) is 18.2 Å². The predicted molar refractivity (Wildman–Crippen MR) is 75.1 cm³/mol. The van der Waals surface area contributed by atoms with Crippen LogP contribution in [0.2, 0.25) is 0 Å². The van der Waals surface area contributed by atoms with Crippen LogP contribution in [0.5, 0.6) is 0 Å². The summed E-state index contributed by atoms with van der Waals surface area (Å²) >= 11 is 0. The van der Waals surface area contributed by atoms with Crippen LogP contribution in [0.15, 0.2) is 29.2 Å². The average molecular weight is 298 g/mol. The van der Waals surface area contributed by atoms with Crippen LogP contribution in [-0.4, -0.2) is 32.1 Å². The first-order valence-corrected chi connectivity index (χ1v) is 8.04. The molecule has 1 aliphatic heterocycles. The molecule has 0 saturated carbocycles. The Hall–Kier alpha value is -1.60. The summed E-state index contributed by atoms with van der Waals surface area (Å²) < 4.78 is 23.3. The molecule has 20 heavy (non-hydrogen) atoms. The van der Waals surface area contributed by atoms with Crippen LogP contribution < -0.4 is 10.0 Å². The molecule has 1 atom stereocenters. The van der Waals surface area contributed by atoms with Crippen LogP contribution in [-0.2, 0) is 14.8 Å². The molecule has 0 amide bonds. The Bertz CT molecular complexity index is 600. The third-order valence-corrected chi connectivity index (χ3v) is 4.48. The minimum Gasteiger partial charge on any atom is -0.481 e. The average Bonchev–Trinajstić information content (AvgIpc) is 2.38. The predicted octanol–water partition coefficient (Wildman–Crippen LogP) is 1.17. The van der Waals surface area contributed by atoms with Gasteiger partial charge in [-0.3, -0.25) is 4.79 Å². The zero-order valence-electron chi connectivity index (χ0n) is 11.0. The van der Waals surface area contributed by atoms with Crippen molar-refractivity contribution >= 4 is 21.7 Å². The van der Waals surface area contributed by atoms with Crippen LogP contribution in [0.3, 0.4) is 0 Å². The molecule has 6 nitrogen and oxygen atoms in total. The molecule has 0 aliphatic carbocycles. The van der Waals surface area contributed by atoms with E-state index in [2.05, 4.69) is 0 Å². The fraction of sp³-hybridized carbons (Fsp3) is 0.462. The summed E-state index contributed by atoms with van der Waals surface area (Å²) in [7, 11) is -3.82. The molecular weight excluding hydrogens is 280 g/mol. The molecular formula is C13H18N2O4S. The van der Waals surface area contributed by atoms with Crippen LogP contribution >= 0.6 is 0 Å². The molecule has 1 saturated heterocycles. The standard InChI is InChI=1S/C13H18N2O4S/c14-20(18,19)12-7-2-1-6-11(12)15-8-4-3-5-10(15)9-13(16)17/h1-2,6-7,10H,3-5,8-9H2,(H,16,17)(H2,14,18,19). The summed E-state index contributed by atoms with van der Waals surface area (Å²) in [6.45, 7) is 0.643. The molecule has 0 aromatic heterocycles. The summed E-state index contributed by atoms with van der Waals surface area (Å²) in [5.74, 6) is -0.880. The molecule has 1 aliphatic rings. The van der Waals surface area contributed by atoms with E-state index in [4.69, 9.17) is 10.2 Å². The van der Waals surface area contributed by atoms with E-state index in [1.165, 1.54) is 6.07 Å². The first-order chi connectivity index (χ1) is 9.39. The molecule has 1 heterocycles. The lowest BCUT2D eigenvalue weighted by Gasteiger charge is -2.37. The number of primary sulfonamides is 1. The van der Waals surface area contributed by atoms with Gasteiger partial charge in [0.1, 0.15) is 4.90 Å². The van der Waals surface area contributed by atoms with Crippen molar-refractivity contribution < 1.29 is 18.3 Å². The van der Waals surface area contributed by atoms with Gasteiger partial charge in [0, 0.05) is 12.6 Å². The number of nitrogens with two attached hydrogens (primary N) is 1. The molecule has 110 valence electrons. The molecule has 7 heteroatoms. The van der Waals surface area contributed by atoms with E-state index in [1.807, 2.05) is 4.90 Å². The molecule has 1 aromatic carbocycles. The number of nitrogens with zero attached hydrogens (tertiary/aromatic N) is 1. The Balaban J connectivity index is 2.40. The van der Waals surface area contributed by atoms with Crippen molar-refractivity contribution in [2.75, 3.05) is 11.4 Å². The molecule has 2 rings (SSSR count). The van der Waals surface area contributed by atoms with Crippen molar-refractivity contribution in [2.24, 2.45) is 5.14 Å². The van der Waals surface area contributed by atoms with Crippen molar-refractivity contribution in [3.8, 4) is 0 Å². The van der Waals surface area contributed by atoms with Gasteiger partial charge in [-0.2, -0.15) is 0 Å². The topological polar surface area (TPSA) is 101 Å². The van der Waals surface area contributed by atoms with E-state index < -0.39 is 16.0 Å². The normalized spacial score (nSPS) is 19.9. The number of anilines is 1. The molecule has 1 fully saturated rings. The SMILES string of the molecule is NS(=O)(=O)c1ccccc1N1CCCCC1CC(=O)O. The van der Waals surface area contributed by atoms with E-state index in [0.29, 0.717) is 12.2 Å². The Morgan fingerprint density at radius 2 is 2.05 bits per heavy atom. The summed E-state index contributed by atoms with van der Waals surface area (Å²) in [5.41, 5.74) is 0.501. The first-order valence-electron chi connectivity index (χ1n) is 6.50. The van der Waals surface area contributed by atoms with E-state index in [0.717, 1.165) is 19.3 Å². The molecule has 0 spiro atoms. The van der Waals surface area contributed by atoms with Gasteiger partial charge in [0.05, 0.1) is 12.1 Å². The minimum absolute atomic E-state index is 0.00104. The Morgan fingerprint density at radius 3 is 2.70 bits per heavy atom. The lowest BCUT2D eigenvalue weighted by atomic mass is 9.98. The van der Waals surface area contributed by atoms with Gasteiger partial charge in [-0.05, 0) is 31.4 Å². The van der Waals surface area contributed by atoms with Crippen molar-refractivity contribution in [1.29, 1.82) is 0 Å². The Kier molecular flexibility index (Phi) is 4.29. The van der Waals surface area contributed by atoms with Crippen molar-refractivity contribution in [2.45, 2.75) is 36.6 Å². The third-order valence-electron chi connectivity index (χ3n) is 3.52. The highest BCUT2D eigenvalue weighted by atomic mass is 32.2. The molecule has 1 unspecified atom stereocenters. The fourth-order valence-electron chi connectivity index (χ4n) is 2.67. The van der Waals surface area contributed by atoms with Gasteiger partial charge < -0.3 is 10.0 Å². The lowest BCUT2D eigenvalue weighted by molar-refractivity contribution is -0.137. The summed E-state index contributed by atoms with van der Waals surface area (Å²) in [4.78, 5) is 12.9. The smallest absolute Gasteiger partial charge is 0.305 e. The van der Waals surface area contributed by atoms with Crippen molar-refractivity contribution in [3.05, 3.63) is 24.3 Å². The number of piperidine rings is 1. The van der Waals surface area contributed by atoms with Crippen molar-refractivity contribution in [1.82, 2.24) is 0 Å². The maximum Gasteiger partial charge on any atom is 0.305 e. The number of carboxylic acid groups (broad SMARTS) is 1. The second-order valence-electron chi connectivity index (χ2n) is 4.95. The van der Waals surface area contributed by atoms with Gasteiger partial charge in [0.25, 0.3) is 0 Å². The zero-order chi connectivity index (χ0) is 14.8. The summed E-state index contributed by atoms with van der Waals surface area (Å²) in [5, 5.41) is 14.2. The van der Waals surface area contributed by atoms with Crippen LogP contribution in [0.4, 0.5) is 5.69 Å². The number of rotatable bonds is 4. The van der Waals surface area contributed by atoms with Crippen LogP contribution in [0.25, 0.3) is 0 Å². The van der Waals surface area contributed by atoms with Gasteiger partial charge in [-0.25, -0.2) is 13.6 Å². The molecule has 1 aromatic rings. The Morgan fingerprint density at radius 1 is 1.35 bits per heavy atom. The van der Waals surface area contributed by atoms with Gasteiger partial charge in [-0.1, -0.05) is 12.1 Å². The van der Waals surface area contributed by atoms with Gasteiger partial charge >= 0.3 is 5.97 Å². The maximum absolute atomic E-state index is 11.7. The molecule has 0 radical (unpaired) electrons. The maximum atomic E-state index is 11.7. The number of carboxylic acids is 1. The third kappa shape index (κ3) is 3.29. The monoisotopic (exact) mass is 298 g/mol. The summed E-state index contributed by atoms with van der Waals surface area (Å²) in [6.07, 6.45) is 2.60. The minimum atomic E-state index is -3.82. The van der Waals surface area contributed by atoms with Crippen molar-refractivity contribution in [3.63, 3.8) is 0 Å². The number of benzene rings is 1. The van der Waals surface area contributed by atoms with Gasteiger partial charge in [0.15, 0.2) is 0 Å². The highest BCUT2D eigenvalue weighted by Crippen LogP contribution is 2.31. The highest BCUT2D eigenvalue weighted by molar-refractivity contribution is 7.89. The number of sulfonamides is 1.